The van der Waals surface area contributed by atoms with E-state index in [2.05, 4.69) is 176 Å². The molecule has 11 rings (SSSR count). The number of hydrogen-bond donors (Lipinski definition) is 0. The van der Waals surface area contributed by atoms with Gasteiger partial charge in [0.25, 0.3) is 0 Å². The molecule has 0 aliphatic heterocycles. The number of aromatic nitrogens is 3. The van der Waals surface area contributed by atoms with E-state index in [1.165, 1.54) is 41.9 Å². The summed E-state index contributed by atoms with van der Waals surface area (Å²) in [6.45, 7) is 0. The Morgan fingerprint density at radius 1 is 0.316 bits per heavy atom. The van der Waals surface area contributed by atoms with Crippen LogP contribution in [0.4, 0.5) is 0 Å². The van der Waals surface area contributed by atoms with Gasteiger partial charge in [-0.3, -0.25) is 0 Å². The smallest absolute Gasteiger partial charge is 0.160 e. The lowest BCUT2D eigenvalue weighted by atomic mass is 9.96. The first-order chi connectivity index (χ1) is 28.2. The van der Waals surface area contributed by atoms with Crippen molar-refractivity contribution in [2.24, 2.45) is 0 Å². The number of thiophene rings is 1. The van der Waals surface area contributed by atoms with Gasteiger partial charge in [-0.15, -0.1) is 11.3 Å². The van der Waals surface area contributed by atoms with Crippen LogP contribution in [0.25, 0.3) is 109 Å². The second kappa shape index (κ2) is 13.8. The Balaban J connectivity index is 0.942. The molecule has 4 heteroatoms. The molecule has 0 unspecified atom stereocenters. The number of nitrogens with zero attached hydrogens (tertiary/aromatic N) is 3. The molecule has 3 heterocycles. The summed E-state index contributed by atoms with van der Waals surface area (Å²) >= 11 is 1.87. The third-order valence-corrected chi connectivity index (χ3v) is 12.1. The molecule has 57 heavy (non-hydrogen) atoms. The maximum absolute atomic E-state index is 5.25. The third kappa shape index (κ3) is 5.95. The first-order valence-electron chi connectivity index (χ1n) is 19.2. The first kappa shape index (κ1) is 33.1. The van der Waals surface area contributed by atoms with Crippen molar-refractivity contribution >= 4 is 53.2 Å². The van der Waals surface area contributed by atoms with Crippen molar-refractivity contribution in [2.75, 3.05) is 0 Å². The van der Waals surface area contributed by atoms with Crippen LogP contribution in [0.1, 0.15) is 0 Å². The maximum atomic E-state index is 5.25. The van der Waals surface area contributed by atoms with Crippen molar-refractivity contribution in [3.05, 3.63) is 200 Å². The van der Waals surface area contributed by atoms with Gasteiger partial charge < -0.3 is 0 Å². The van der Waals surface area contributed by atoms with Crippen LogP contribution in [-0.2, 0) is 0 Å². The van der Waals surface area contributed by atoms with E-state index in [4.69, 9.17) is 15.0 Å². The van der Waals surface area contributed by atoms with Crippen LogP contribution in [0.3, 0.4) is 0 Å². The van der Waals surface area contributed by atoms with Gasteiger partial charge in [-0.1, -0.05) is 182 Å². The van der Waals surface area contributed by atoms with E-state index in [1.807, 2.05) is 35.6 Å². The van der Waals surface area contributed by atoms with E-state index >= 15 is 0 Å². The van der Waals surface area contributed by atoms with Crippen molar-refractivity contribution in [1.82, 2.24) is 15.0 Å². The quantitative estimate of drug-likeness (QED) is 0.159. The minimum atomic E-state index is 0.702. The molecule has 0 N–H and O–H groups in total. The Kier molecular flexibility index (Phi) is 8.01. The minimum Gasteiger partial charge on any atom is -0.247 e. The molecule has 0 saturated heterocycles. The number of pyridine rings is 1. The standard InChI is InChI=1S/C53H33N3S/c1-3-11-34(12-4-1)35-23-29-41(30-24-35)53-55-47(38-13-5-2-6-14-38)33-48(56-53)39-25-19-36(20-26-39)37-21-27-40(28-22-37)51-45-32-31-43-42-15-8-10-18-49(42)57-52(43)50(45)44-16-7-9-17-46(44)54-51/h1-33H. The van der Waals surface area contributed by atoms with Gasteiger partial charge >= 0.3 is 0 Å². The van der Waals surface area contributed by atoms with Crippen molar-refractivity contribution in [3.63, 3.8) is 0 Å². The fourth-order valence-electron chi connectivity index (χ4n) is 8.01. The molecule has 0 saturated carbocycles. The van der Waals surface area contributed by atoms with Crippen molar-refractivity contribution in [1.29, 1.82) is 0 Å². The van der Waals surface area contributed by atoms with E-state index in [1.54, 1.807) is 0 Å². The van der Waals surface area contributed by atoms with E-state index in [0.717, 1.165) is 61.5 Å². The molecule has 266 valence electrons. The number of rotatable bonds is 6. The Labute approximate surface area is 334 Å². The predicted molar refractivity (Wildman–Crippen MR) is 240 cm³/mol. The zero-order valence-electron chi connectivity index (χ0n) is 30.8. The molecule has 3 aromatic heterocycles. The maximum Gasteiger partial charge on any atom is 0.160 e. The third-order valence-electron chi connectivity index (χ3n) is 10.9. The highest BCUT2D eigenvalue weighted by Crippen LogP contribution is 2.43. The second-order valence-corrected chi connectivity index (χ2v) is 15.4. The van der Waals surface area contributed by atoms with Crippen LogP contribution < -0.4 is 0 Å². The average Bonchev–Trinajstić information content (AvgIpc) is 3.68. The Morgan fingerprint density at radius 3 is 1.46 bits per heavy atom. The molecule has 0 fully saturated rings. The number of hydrogen-bond acceptors (Lipinski definition) is 4. The first-order valence-corrected chi connectivity index (χ1v) is 20.0. The van der Waals surface area contributed by atoms with Crippen LogP contribution >= 0.6 is 11.3 Å². The highest BCUT2D eigenvalue weighted by atomic mass is 32.1. The number of fused-ring (bicyclic) bond motifs is 7. The van der Waals surface area contributed by atoms with Gasteiger partial charge in [-0.05, 0) is 40.5 Å². The molecular weight excluding hydrogens is 711 g/mol. The summed E-state index contributed by atoms with van der Waals surface area (Å²) in [5.74, 6) is 0.702. The van der Waals surface area contributed by atoms with E-state index in [0.29, 0.717) is 5.82 Å². The average molecular weight is 744 g/mol. The molecule has 0 aliphatic rings. The van der Waals surface area contributed by atoms with Crippen LogP contribution in [-0.4, -0.2) is 15.0 Å². The van der Waals surface area contributed by atoms with Gasteiger partial charge in [0.15, 0.2) is 5.82 Å². The lowest BCUT2D eigenvalue weighted by Gasteiger charge is -2.12. The molecule has 0 atom stereocenters. The van der Waals surface area contributed by atoms with Gasteiger partial charge in [-0.2, -0.15) is 0 Å². The van der Waals surface area contributed by atoms with Crippen LogP contribution in [0.15, 0.2) is 200 Å². The largest absolute Gasteiger partial charge is 0.247 e. The van der Waals surface area contributed by atoms with Gasteiger partial charge in [0, 0.05) is 58.6 Å². The van der Waals surface area contributed by atoms with Crippen molar-refractivity contribution in [3.8, 4) is 67.4 Å². The molecular formula is C53H33N3S. The van der Waals surface area contributed by atoms with Gasteiger partial charge in [-0.25, -0.2) is 15.0 Å². The molecule has 0 aliphatic carbocycles. The lowest BCUT2D eigenvalue weighted by molar-refractivity contribution is 1.18. The predicted octanol–water partition coefficient (Wildman–Crippen LogP) is 14.5. The molecule has 3 nitrogen and oxygen atoms in total. The summed E-state index contributed by atoms with van der Waals surface area (Å²) in [6.07, 6.45) is 0. The van der Waals surface area contributed by atoms with E-state index in [-0.39, 0.29) is 0 Å². The summed E-state index contributed by atoms with van der Waals surface area (Å²) in [5, 5.41) is 6.26. The summed E-state index contributed by atoms with van der Waals surface area (Å²) in [5.41, 5.74) is 12.6. The fourth-order valence-corrected chi connectivity index (χ4v) is 9.28. The van der Waals surface area contributed by atoms with E-state index in [9.17, 15) is 0 Å². The summed E-state index contributed by atoms with van der Waals surface area (Å²) in [4.78, 5) is 15.4. The Bertz CT molecular complexity index is 3240. The second-order valence-electron chi connectivity index (χ2n) is 14.4. The van der Waals surface area contributed by atoms with Gasteiger partial charge in [0.1, 0.15) is 0 Å². The SMILES string of the molecule is c1ccc(-c2ccc(-c3nc(-c4ccccc4)cc(-c4ccc(-c5ccc(-c6nc7ccccc7c7c6ccc6c8ccccc8sc67)cc5)cc4)n3)cc2)cc1. The van der Waals surface area contributed by atoms with Gasteiger partial charge in [0.2, 0.25) is 0 Å². The zero-order chi connectivity index (χ0) is 37.7. The highest BCUT2D eigenvalue weighted by molar-refractivity contribution is 7.26. The minimum absolute atomic E-state index is 0.702. The summed E-state index contributed by atoms with van der Waals surface area (Å²) < 4.78 is 2.63. The molecule has 0 spiro atoms. The molecule has 11 aromatic rings. The normalized spacial score (nSPS) is 11.5. The Morgan fingerprint density at radius 2 is 0.789 bits per heavy atom. The van der Waals surface area contributed by atoms with Crippen LogP contribution in [0, 0.1) is 0 Å². The molecule has 0 amide bonds. The van der Waals surface area contributed by atoms with Gasteiger partial charge in [0.05, 0.1) is 22.6 Å². The summed E-state index contributed by atoms with van der Waals surface area (Å²) in [6, 6.07) is 70.7. The summed E-state index contributed by atoms with van der Waals surface area (Å²) in [7, 11) is 0. The van der Waals surface area contributed by atoms with Crippen LogP contribution in [0.5, 0.6) is 0 Å². The highest BCUT2D eigenvalue weighted by Gasteiger charge is 2.17. The Hall–Kier alpha value is -7.27. The lowest BCUT2D eigenvalue weighted by Crippen LogP contribution is -1.96. The monoisotopic (exact) mass is 743 g/mol. The molecule has 0 bridgehead atoms. The fraction of sp³-hybridized carbons (Fsp3) is 0. The zero-order valence-corrected chi connectivity index (χ0v) is 31.6. The molecule has 0 radical (unpaired) electrons. The molecule has 8 aromatic carbocycles. The number of benzene rings is 8. The topological polar surface area (TPSA) is 38.7 Å². The van der Waals surface area contributed by atoms with Crippen molar-refractivity contribution in [2.45, 2.75) is 0 Å². The van der Waals surface area contributed by atoms with Crippen LogP contribution in [0.2, 0.25) is 0 Å². The van der Waals surface area contributed by atoms with Crippen molar-refractivity contribution < 1.29 is 0 Å². The van der Waals surface area contributed by atoms with E-state index < -0.39 is 0 Å². The number of para-hydroxylation sites is 1.